The van der Waals surface area contributed by atoms with Crippen LogP contribution in [0.3, 0.4) is 0 Å². The molecular weight excluding hydrogens is 234 g/mol. The van der Waals surface area contributed by atoms with E-state index < -0.39 is 6.10 Å². The zero-order chi connectivity index (χ0) is 12.3. The Morgan fingerprint density at radius 2 is 2.18 bits per heavy atom. The van der Waals surface area contributed by atoms with Crippen molar-refractivity contribution in [1.29, 1.82) is 0 Å². The van der Waals surface area contributed by atoms with E-state index in [1.54, 1.807) is 0 Å². The molecule has 0 spiro atoms. The highest BCUT2D eigenvalue weighted by atomic mass is 32.1. The number of nitrogens with zero attached hydrogens (tertiary/aromatic N) is 2. The molecule has 4 nitrogen and oxygen atoms in total. The Morgan fingerprint density at radius 1 is 1.35 bits per heavy atom. The lowest BCUT2D eigenvalue weighted by Gasteiger charge is -2.11. The summed E-state index contributed by atoms with van der Waals surface area (Å²) < 4.78 is 0. The molecule has 0 aliphatic rings. The lowest BCUT2D eigenvalue weighted by Crippen LogP contribution is -2.12. The maximum atomic E-state index is 10.0. The minimum absolute atomic E-state index is 0.443. The van der Waals surface area contributed by atoms with Gasteiger partial charge in [-0.15, -0.1) is 10.2 Å². The molecule has 0 fully saturated rings. The van der Waals surface area contributed by atoms with E-state index in [9.17, 15) is 5.11 Å². The molecule has 5 heteroatoms. The molecular formula is C12H15N3OS. The Balaban J connectivity index is 1.95. The average Bonchev–Trinajstić information content (AvgIpc) is 2.72. The first-order valence-corrected chi connectivity index (χ1v) is 6.25. The number of benzene rings is 1. The summed E-state index contributed by atoms with van der Waals surface area (Å²) in [4.78, 5) is 0. The van der Waals surface area contributed by atoms with E-state index in [2.05, 4.69) is 15.5 Å². The number of rotatable bonds is 4. The minimum Gasteiger partial charge on any atom is -0.387 e. The molecule has 1 aromatic carbocycles. The lowest BCUT2D eigenvalue weighted by atomic mass is 10.1. The number of hydrogen-bond donors (Lipinski definition) is 2. The molecule has 0 amide bonds. The van der Waals surface area contributed by atoms with E-state index in [0.29, 0.717) is 6.54 Å². The van der Waals surface area contributed by atoms with Gasteiger partial charge in [0.25, 0.3) is 0 Å². The largest absolute Gasteiger partial charge is 0.387 e. The molecule has 0 saturated carbocycles. The SMILES string of the molecule is Cc1cccc(C(O)CNc2nnc(C)s2)c1. The van der Waals surface area contributed by atoms with Crippen LogP contribution < -0.4 is 5.32 Å². The number of aromatic nitrogens is 2. The summed E-state index contributed by atoms with van der Waals surface area (Å²) in [6.07, 6.45) is -0.529. The number of hydrogen-bond acceptors (Lipinski definition) is 5. The van der Waals surface area contributed by atoms with Crippen LogP contribution in [0.25, 0.3) is 0 Å². The molecule has 1 atom stereocenters. The first-order valence-electron chi connectivity index (χ1n) is 5.44. The van der Waals surface area contributed by atoms with Crippen LogP contribution in [0.4, 0.5) is 5.13 Å². The Hall–Kier alpha value is -1.46. The number of anilines is 1. The van der Waals surface area contributed by atoms with E-state index in [0.717, 1.165) is 21.3 Å². The van der Waals surface area contributed by atoms with Gasteiger partial charge >= 0.3 is 0 Å². The van der Waals surface area contributed by atoms with E-state index in [4.69, 9.17) is 0 Å². The molecule has 0 aliphatic carbocycles. The fourth-order valence-electron chi connectivity index (χ4n) is 1.55. The maximum Gasteiger partial charge on any atom is 0.205 e. The van der Waals surface area contributed by atoms with Crippen LogP contribution in [-0.2, 0) is 0 Å². The zero-order valence-corrected chi connectivity index (χ0v) is 10.7. The Morgan fingerprint density at radius 3 is 2.82 bits per heavy atom. The fourth-order valence-corrected chi connectivity index (χ4v) is 2.15. The summed E-state index contributed by atoms with van der Waals surface area (Å²) in [6, 6.07) is 7.86. The zero-order valence-electron chi connectivity index (χ0n) is 9.84. The molecule has 2 aromatic rings. The molecule has 0 saturated heterocycles. The van der Waals surface area contributed by atoms with Gasteiger partial charge in [0.05, 0.1) is 6.10 Å². The van der Waals surface area contributed by atoms with Crippen LogP contribution in [0.5, 0.6) is 0 Å². The lowest BCUT2D eigenvalue weighted by molar-refractivity contribution is 0.191. The molecule has 17 heavy (non-hydrogen) atoms. The van der Waals surface area contributed by atoms with Crippen molar-refractivity contribution in [3.8, 4) is 0 Å². The van der Waals surface area contributed by atoms with Crippen molar-refractivity contribution in [2.45, 2.75) is 20.0 Å². The average molecular weight is 249 g/mol. The van der Waals surface area contributed by atoms with Gasteiger partial charge in [0.15, 0.2) is 0 Å². The molecule has 1 unspecified atom stereocenters. The predicted molar refractivity (Wildman–Crippen MR) is 69.3 cm³/mol. The van der Waals surface area contributed by atoms with Crippen molar-refractivity contribution in [1.82, 2.24) is 10.2 Å². The van der Waals surface area contributed by atoms with Gasteiger partial charge in [-0.25, -0.2) is 0 Å². The van der Waals surface area contributed by atoms with Crippen LogP contribution >= 0.6 is 11.3 Å². The smallest absolute Gasteiger partial charge is 0.205 e. The van der Waals surface area contributed by atoms with Gasteiger partial charge in [-0.05, 0) is 19.4 Å². The highest BCUT2D eigenvalue weighted by Gasteiger charge is 2.08. The Bertz CT molecular complexity index is 498. The minimum atomic E-state index is -0.529. The highest BCUT2D eigenvalue weighted by Crippen LogP contribution is 2.17. The molecule has 1 heterocycles. The molecule has 2 N–H and O–H groups in total. The summed E-state index contributed by atoms with van der Waals surface area (Å²) in [5.41, 5.74) is 2.06. The molecule has 0 bridgehead atoms. The van der Waals surface area contributed by atoms with E-state index in [1.807, 2.05) is 38.1 Å². The van der Waals surface area contributed by atoms with Gasteiger partial charge in [-0.1, -0.05) is 41.2 Å². The summed E-state index contributed by atoms with van der Waals surface area (Å²) in [5.74, 6) is 0. The predicted octanol–water partition coefficient (Wildman–Crippen LogP) is 2.30. The summed E-state index contributed by atoms with van der Waals surface area (Å²) in [6.45, 7) is 4.36. The number of aliphatic hydroxyl groups excluding tert-OH is 1. The number of aliphatic hydroxyl groups is 1. The number of nitrogens with one attached hydrogen (secondary N) is 1. The molecule has 1 aromatic heterocycles. The topological polar surface area (TPSA) is 58.0 Å². The summed E-state index contributed by atoms with van der Waals surface area (Å²) in [7, 11) is 0. The quantitative estimate of drug-likeness (QED) is 0.873. The van der Waals surface area contributed by atoms with Crippen LogP contribution in [0.15, 0.2) is 24.3 Å². The van der Waals surface area contributed by atoms with Gasteiger partial charge < -0.3 is 10.4 Å². The summed E-state index contributed by atoms with van der Waals surface area (Å²) >= 11 is 1.48. The fraction of sp³-hybridized carbons (Fsp3) is 0.333. The van der Waals surface area contributed by atoms with Crippen LogP contribution in [0, 0.1) is 13.8 Å². The van der Waals surface area contributed by atoms with E-state index in [1.165, 1.54) is 11.3 Å². The number of aryl methyl sites for hydroxylation is 2. The Kier molecular flexibility index (Phi) is 3.71. The maximum absolute atomic E-state index is 10.0. The molecule has 90 valence electrons. The van der Waals surface area contributed by atoms with Crippen LogP contribution in [0.2, 0.25) is 0 Å². The second kappa shape index (κ2) is 5.25. The van der Waals surface area contributed by atoms with Crippen molar-refractivity contribution in [2.75, 3.05) is 11.9 Å². The normalized spacial score (nSPS) is 12.4. The third-order valence-electron chi connectivity index (χ3n) is 2.40. The van der Waals surface area contributed by atoms with Crippen molar-refractivity contribution < 1.29 is 5.11 Å². The Labute approximate surface area is 104 Å². The van der Waals surface area contributed by atoms with Crippen LogP contribution in [-0.4, -0.2) is 21.8 Å². The molecule has 2 rings (SSSR count). The third kappa shape index (κ3) is 3.25. The summed E-state index contributed by atoms with van der Waals surface area (Å²) in [5, 5.41) is 22.6. The first kappa shape index (κ1) is 12.0. The molecule has 0 radical (unpaired) electrons. The van der Waals surface area contributed by atoms with Crippen molar-refractivity contribution in [2.24, 2.45) is 0 Å². The van der Waals surface area contributed by atoms with Gasteiger partial charge in [-0.3, -0.25) is 0 Å². The second-order valence-electron chi connectivity index (χ2n) is 3.94. The highest BCUT2D eigenvalue weighted by molar-refractivity contribution is 7.15. The monoisotopic (exact) mass is 249 g/mol. The van der Waals surface area contributed by atoms with Gasteiger partial charge in [-0.2, -0.15) is 0 Å². The molecule has 0 aliphatic heterocycles. The van der Waals surface area contributed by atoms with Crippen LogP contribution in [0.1, 0.15) is 22.2 Å². The van der Waals surface area contributed by atoms with Gasteiger partial charge in [0, 0.05) is 6.54 Å². The van der Waals surface area contributed by atoms with E-state index >= 15 is 0 Å². The van der Waals surface area contributed by atoms with Gasteiger partial charge in [0.1, 0.15) is 5.01 Å². The first-order chi connectivity index (χ1) is 8.15. The second-order valence-corrected chi connectivity index (χ2v) is 5.12. The van der Waals surface area contributed by atoms with Gasteiger partial charge in [0.2, 0.25) is 5.13 Å². The third-order valence-corrected chi connectivity index (χ3v) is 3.20. The van der Waals surface area contributed by atoms with Crippen molar-refractivity contribution in [3.05, 3.63) is 40.4 Å². The van der Waals surface area contributed by atoms with Crippen molar-refractivity contribution >= 4 is 16.5 Å². The van der Waals surface area contributed by atoms with E-state index in [-0.39, 0.29) is 0 Å². The standard InChI is InChI=1S/C12H15N3OS/c1-8-4-3-5-10(6-8)11(16)7-13-12-15-14-9(2)17-12/h3-6,11,16H,7H2,1-2H3,(H,13,15). The van der Waals surface area contributed by atoms with Crippen molar-refractivity contribution in [3.63, 3.8) is 0 Å².